The number of nitrogens with zero attached hydrogens (tertiary/aromatic N) is 1. The highest BCUT2D eigenvalue weighted by molar-refractivity contribution is 6.04. The van der Waals surface area contributed by atoms with Crippen molar-refractivity contribution in [3.8, 4) is 0 Å². The topological polar surface area (TPSA) is 12.5 Å². The molecule has 0 radical (unpaired) electrons. The van der Waals surface area contributed by atoms with Crippen LogP contribution in [0.2, 0.25) is 0 Å². The average molecular weight is 382 g/mol. The molecule has 146 valence electrons. The molecule has 0 saturated carbocycles. The smallest absolute Gasteiger partial charge is 0.0594 e. The highest BCUT2D eigenvalue weighted by atomic mass is 16.5. The zero-order valence-electron chi connectivity index (χ0n) is 16.8. The van der Waals surface area contributed by atoms with Crippen molar-refractivity contribution in [2.24, 2.45) is 0 Å². The van der Waals surface area contributed by atoms with Crippen molar-refractivity contribution in [2.45, 2.75) is 12.8 Å². The van der Waals surface area contributed by atoms with Crippen LogP contribution in [0.15, 0.2) is 72.8 Å². The number of fused-ring (bicyclic) bond motifs is 2. The Hall–Kier alpha value is -2.68. The summed E-state index contributed by atoms with van der Waals surface area (Å²) in [5.41, 5.74) is 6.86. The number of benzene rings is 3. The molecule has 0 amide bonds. The van der Waals surface area contributed by atoms with E-state index in [2.05, 4.69) is 83.8 Å². The Labute approximate surface area is 173 Å². The molecule has 3 aromatic carbocycles. The fourth-order valence-corrected chi connectivity index (χ4v) is 4.55. The zero-order valence-corrected chi connectivity index (χ0v) is 16.8. The molecule has 1 fully saturated rings. The molecular weight excluding hydrogens is 354 g/mol. The van der Waals surface area contributed by atoms with Gasteiger partial charge in [0.15, 0.2) is 0 Å². The molecule has 2 aliphatic rings. The minimum atomic E-state index is 0.878. The van der Waals surface area contributed by atoms with E-state index in [0.717, 1.165) is 39.3 Å². The first kappa shape index (κ1) is 18.4. The largest absolute Gasteiger partial charge is 0.379 e. The summed E-state index contributed by atoms with van der Waals surface area (Å²) in [5, 5.41) is 2.61. The van der Waals surface area contributed by atoms with E-state index in [0.29, 0.717) is 0 Å². The summed E-state index contributed by atoms with van der Waals surface area (Å²) in [7, 11) is 0. The highest BCUT2D eigenvalue weighted by Gasteiger charge is 2.18. The normalized spacial score (nSPS) is 18.2. The van der Waals surface area contributed by atoms with Crippen LogP contribution in [-0.2, 0) is 4.74 Å². The van der Waals surface area contributed by atoms with E-state index < -0.39 is 0 Å². The molecule has 0 unspecified atom stereocenters. The predicted molar refractivity (Wildman–Crippen MR) is 123 cm³/mol. The summed E-state index contributed by atoms with van der Waals surface area (Å²) in [6.45, 7) is 5.06. The Morgan fingerprint density at radius 3 is 2.48 bits per heavy atom. The third-order valence-corrected chi connectivity index (χ3v) is 6.07. The lowest BCUT2D eigenvalue weighted by atomic mass is 9.99. The molecule has 0 aromatic heterocycles. The minimum Gasteiger partial charge on any atom is -0.379 e. The number of rotatable bonds is 5. The summed E-state index contributed by atoms with van der Waals surface area (Å²) >= 11 is 0. The van der Waals surface area contributed by atoms with Gasteiger partial charge in [-0.05, 0) is 64.1 Å². The first-order chi connectivity index (χ1) is 14.4. The van der Waals surface area contributed by atoms with Crippen LogP contribution in [0.1, 0.15) is 29.5 Å². The second-order valence-electron chi connectivity index (χ2n) is 7.94. The molecule has 0 bridgehead atoms. The van der Waals surface area contributed by atoms with Crippen LogP contribution in [0.3, 0.4) is 0 Å². The molecule has 1 aliphatic heterocycles. The van der Waals surface area contributed by atoms with E-state index >= 15 is 0 Å². The van der Waals surface area contributed by atoms with Crippen LogP contribution < -0.4 is 0 Å². The second-order valence-corrected chi connectivity index (χ2v) is 7.94. The van der Waals surface area contributed by atoms with Gasteiger partial charge >= 0.3 is 0 Å². The molecule has 0 N–H and O–H groups in total. The van der Waals surface area contributed by atoms with E-state index in [1.807, 2.05) is 0 Å². The van der Waals surface area contributed by atoms with E-state index in [1.165, 1.54) is 45.0 Å². The predicted octanol–water partition coefficient (Wildman–Crippen LogP) is 5.89. The maximum Gasteiger partial charge on any atom is 0.0594 e. The maximum absolute atomic E-state index is 5.47. The first-order valence-corrected chi connectivity index (χ1v) is 10.7. The van der Waals surface area contributed by atoms with Crippen molar-refractivity contribution in [2.75, 3.05) is 32.8 Å². The van der Waals surface area contributed by atoms with Crippen molar-refractivity contribution < 1.29 is 4.74 Å². The summed E-state index contributed by atoms with van der Waals surface area (Å²) in [6, 6.07) is 24.1. The van der Waals surface area contributed by atoms with Gasteiger partial charge in [0.2, 0.25) is 0 Å². The zero-order chi connectivity index (χ0) is 19.5. The standard InChI is InChI=1S/C27H27NO/c1-2-11-25-21(7-1)8-5-9-22(25)19-24-20-23(26-12-3-4-13-27(24)26)10-6-14-28-15-17-29-18-16-28/h1-5,7-9,11-13,19-20H,6,10,14-18H2/b24-19-. The van der Waals surface area contributed by atoms with Gasteiger partial charge in [0.1, 0.15) is 0 Å². The lowest BCUT2D eigenvalue weighted by Gasteiger charge is -2.26. The van der Waals surface area contributed by atoms with Crippen LogP contribution in [0, 0.1) is 0 Å². The Morgan fingerprint density at radius 2 is 1.59 bits per heavy atom. The quantitative estimate of drug-likeness (QED) is 0.546. The fraction of sp³-hybridized carbons (Fsp3) is 0.259. The summed E-state index contributed by atoms with van der Waals surface area (Å²) in [5.74, 6) is 0. The lowest BCUT2D eigenvalue weighted by molar-refractivity contribution is 0.0376. The van der Waals surface area contributed by atoms with Crippen LogP contribution in [0.5, 0.6) is 0 Å². The van der Waals surface area contributed by atoms with Gasteiger partial charge in [-0.25, -0.2) is 0 Å². The third kappa shape index (κ3) is 3.91. The number of allylic oxidation sites excluding steroid dienone is 3. The molecule has 2 heteroatoms. The molecular formula is C27H27NO. The maximum atomic E-state index is 5.47. The van der Waals surface area contributed by atoms with E-state index in [1.54, 1.807) is 0 Å². The van der Waals surface area contributed by atoms with Crippen LogP contribution in [-0.4, -0.2) is 37.7 Å². The van der Waals surface area contributed by atoms with Crippen molar-refractivity contribution in [3.63, 3.8) is 0 Å². The first-order valence-electron chi connectivity index (χ1n) is 10.7. The van der Waals surface area contributed by atoms with Gasteiger partial charge < -0.3 is 4.74 Å². The minimum absolute atomic E-state index is 0.878. The second kappa shape index (κ2) is 8.36. The number of morpholine rings is 1. The fourth-order valence-electron chi connectivity index (χ4n) is 4.55. The monoisotopic (exact) mass is 381 g/mol. The SMILES string of the molecule is C1=C(CCCN2CCOCC2)c2ccccc2/C1=C\c1cccc2ccccc12. The van der Waals surface area contributed by atoms with Crippen LogP contribution in [0.4, 0.5) is 0 Å². The number of hydrogen-bond acceptors (Lipinski definition) is 2. The van der Waals surface area contributed by atoms with E-state index in [4.69, 9.17) is 4.74 Å². The molecule has 1 saturated heterocycles. The number of ether oxygens (including phenoxy) is 1. The summed E-state index contributed by atoms with van der Waals surface area (Å²) in [6.07, 6.45) is 7.09. The Kier molecular flexibility index (Phi) is 5.29. The lowest BCUT2D eigenvalue weighted by Crippen LogP contribution is -2.36. The molecule has 2 nitrogen and oxygen atoms in total. The average Bonchev–Trinajstić information content (AvgIpc) is 3.12. The molecule has 5 rings (SSSR count). The Balaban J connectivity index is 1.41. The van der Waals surface area contributed by atoms with Gasteiger partial charge in [0, 0.05) is 13.1 Å². The van der Waals surface area contributed by atoms with Gasteiger partial charge in [-0.1, -0.05) is 72.8 Å². The highest BCUT2D eigenvalue weighted by Crippen LogP contribution is 2.39. The summed E-state index contributed by atoms with van der Waals surface area (Å²) < 4.78 is 5.47. The third-order valence-electron chi connectivity index (χ3n) is 6.07. The summed E-state index contributed by atoms with van der Waals surface area (Å²) in [4.78, 5) is 2.53. The van der Waals surface area contributed by atoms with Gasteiger partial charge in [0.05, 0.1) is 13.2 Å². The Morgan fingerprint density at radius 1 is 0.828 bits per heavy atom. The Bertz CT molecular complexity index is 1070. The molecule has 29 heavy (non-hydrogen) atoms. The molecule has 1 heterocycles. The van der Waals surface area contributed by atoms with Gasteiger partial charge in [-0.3, -0.25) is 4.90 Å². The molecule has 0 spiro atoms. The molecule has 1 aliphatic carbocycles. The van der Waals surface area contributed by atoms with E-state index in [9.17, 15) is 0 Å². The molecule has 3 aromatic rings. The van der Waals surface area contributed by atoms with Gasteiger partial charge in [-0.2, -0.15) is 0 Å². The van der Waals surface area contributed by atoms with E-state index in [-0.39, 0.29) is 0 Å². The van der Waals surface area contributed by atoms with Crippen molar-refractivity contribution in [1.29, 1.82) is 0 Å². The molecule has 0 atom stereocenters. The van der Waals surface area contributed by atoms with Crippen molar-refractivity contribution >= 4 is 28.0 Å². The van der Waals surface area contributed by atoms with Gasteiger partial charge in [-0.15, -0.1) is 0 Å². The number of hydrogen-bond donors (Lipinski definition) is 0. The van der Waals surface area contributed by atoms with Crippen LogP contribution in [0.25, 0.3) is 28.0 Å². The van der Waals surface area contributed by atoms with Gasteiger partial charge in [0.25, 0.3) is 0 Å². The van der Waals surface area contributed by atoms with Crippen molar-refractivity contribution in [3.05, 3.63) is 89.5 Å². The van der Waals surface area contributed by atoms with Crippen molar-refractivity contribution in [1.82, 2.24) is 4.90 Å². The van der Waals surface area contributed by atoms with Crippen LogP contribution >= 0.6 is 0 Å².